The Morgan fingerprint density at radius 3 is 2.75 bits per heavy atom. The maximum atomic E-state index is 12.5. The van der Waals surface area contributed by atoms with Gasteiger partial charge in [0, 0.05) is 29.7 Å². The van der Waals surface area contributed by atoms with E-state index in [1.165, 1.54) is 9.13 Å². The smallest absolute Gasteiger partial charge is 0.332 e. The summed E-state index contributed by atoms with van der Waals surface area (Å²) in [6.45, 7) is 3.50. The van der Waals surface area contributed by atoms with E-state index in [9.17, 15) is 9.59 Å². The first-order chi connectivity index (χ1) is 9.41. The van der Waals surface area contributed by atoms with E-state index in [1.54, 1.807) is 19.3 Å². The van der Waals surface area contributed by atoms with Crippen molar-refractivity contribution in [3.05, 3.63) is 37.6 Å². The lowest BCUT2D eigenvalue weighted by molar-refractivity contribution is -0.111. The average molecular weight is 340 g/mol. The number of halogens is 1. The molecule has 0 N–H and O–H groups in total. The van der Waals surface area contributed by atoms with Crippen LogP contribution in [0.2, 0.25) is 0 Å². The van der Waals surface area contributed by atoms with E-state index >= 15 is 0 Å². The summed E-state index contributed by atoms with van der Waals surface area (Å²) < 4.78 is 8.58. The molecule has 106 valence electrons. The van der Waals surface area contributed by atoms with E-state index in [-0.39, 0.29) is 16.7 Å². The first-order valence-corrected chi connectivity index (χ1v) is 7.03. The summed E-state index contributed by atoms with van der Waals surface area (Å²) in [6, 6.07) is 1.69. The molecule has 1 saturated heterocycles. The van der Waals surface area contributed by atoms with Crippen LogP contribution in [-0.2, 0) is 18.3 Å². The third kappa shape index (κ3) is 2.01. The quantitative estimate of drug-likeness (QED) is 0.815. The first-order valence-electron chi connectivity index (χ1n) is 6.24. The van der Waals surface area contributed by atoms with Crippen LogP contribution in [0, 0.1) is 5.41 Å². The number of aryl methyl sites for hydroxylation is 1. The number of fused-ring (bicyclic) bond motifs is 1. The van der Waals surface area contributed by atoms with Gasteiger partial charge in [-0.3, -0.25) is 13.9 Å². The molecule has 0 unspecified atom stereocenters. The molecule has 20 heavy (non-hydrogen) atoms. The fourth-order valence-corrected chi connectivity index (χ4v) is 2.75. The SMILES string of the molecule is Cn1c(=O)n(CC2(C)COC2)c(=O)c2cc(Br)cnc21. The highest BCUT2D eigenvalue weighted by Crippen LogP contribution is 2.27. The van der Waals surface area contributed by atoms with Gasteiger partial charge in [-0.1, -0.05) is 6.92 Å². The van der Waals surface area contributed by atoms with E-state index in [1.807, 2.05) is 6.92 Å². The Balaban J connectivity index is 2.27. The Bertz CT molecular complexity index is 805. The van der Waals surface area contributed by atoms with Crippen LogP contribution in [0.4, 0.5) is 0 Å². The summed E-state index contributed by atoms with van der Waals surface area (Å²) in [5, 5.41) is 0.435. The van der Waals surface area contributed by atoms with E-state index in [0.717, 1.165) is 0 Å². The minimum atomic E-state index is -0.342. The summed E-state index contributed by atoms with van der Waals surface area (Å²) in [5.41, 5.74) is -0.395. The summed E-state index contributed by atoms with van der Waals surface area (Å²) in [5.74, 6) is 0. The van der Waals surface area contributed by atoms with Crippen molar-refractivity contribution in [1.82, 2.24) is 14.1 Å². The molecule has 3 heterocycles. The van der Waals surface area contributed by atoms with E-state index < -0.39 is 0 Å². The number of ether oxygens (including phenoxy) is 1. The fraction of sp³-hybridized carbons (Fsp3) is 0.462. The van der Waals surface area contributed by atoms with Crippen LogP contribution in [0.3, 0.4) is 0 Å². The van der Waals surface area contributed by atoms with Crippen molar-refractivity contribution < 1.29 is 4.74 Å². The fourth-order valence-electron chi connectivity index (χ4n) is 2.42. The highest BCUT2D eigenvalue weighted by atomic mass is 79.9. The van der Waals surface area contributed by atoms with Gasteiger partial charge in [0.05, 0.1) is 18.6 Å². The van der Waals surface area contributed by atoms with Crippen molar-refractivity contribution in [2.24, 2.45) is 12.5 Å². The average Bonchev–Trinajstić information content (AvgIpc) is 2.39. The van der Waals surface area contributed by atoms with Gasteiger partial charge in [-0.05, 0) is 22.0 Å². The van der Waals surface area contributed by atoms with Crippen molar-refractivity contribution >= 4 is 27.0 Å². The largest absolute Gasteiger partial charge is 0.380 e. The molecule has 0 aromatic carbocycles. The Morgan fingerprint density at radius 2 is 2.15 bits per heavy atom. The maximum absolute atomic E-state index is 12.5. The molecule has 2 aromatic rings. The number of rotatable bonds is 2. The normalized spacial score (nSPS) is 17.1. The molecule has 0 spiro atoms. The number of hydrogen-bond donors (Lipinski definition) is 0. The minimum absolute atomic E-state index is 0.150. The molecule has 0 aliphatic carbocycles. The van der Waals surface area contributed by atoms with Gasteiger partial charge in [0.25, 0.3) is 5.56 Å². The molecule has 1 aliphatic heterocycles. The van der Waals surface area contributed by atoms with Crippen molar-refractivity contribution in [3.8, 4) is 0 Å². The van der Waals surface area contributed by atoms with Crippen LogP contribution < -0.4 is 11.2 Å². The third-order valence-electron chi connectivity index (χ3n) is 3.59. The summed E-state index contributed by atoms with van der Waals surface area (Å²) in [7, 11) is 1.63. The van der Waals surface area contributed by atoms with Gasteiger partial charge >= 0.3 is 5.69 Å². The molecule has 0 amide bonds. The van der Waals surface area contributed by atoms with Gasteiger partial charge in [-0.2, -0.15) is 0 Å². The van der Waals surface area contributed by atoms with Crippen LogP contribution in [0.1, 0.15) is 6.92 Å². The van der Waals surface area contributed by atoms with Crippen molar-refractivity contribution in [3.63, 3.8) is 0 Å². The van der Waals surface area contributed by atoms with Crippen LogP contribution >= 0.6 is 15.9 Å². The van der Waals surface area contributed by atoms with Gasteiger partial charge in [-0.15, -0.1) is 0 Å². The Kier molecular flexibility index (Phi) is 3.06. The zero-order valence-electron chi connectivity index (χ0n) is 11.2. The second-order valence-electron chi connectivity index (χ2n) is 5.56. The summed E-state index contributed by atoms with van der Waals surface area (Å²) >= 11 is 3.30. The third-order valence-corrected chi connectivity index (χ3v) is 4.02. The lowest BCUT2D eigenvalue weighted by Crippen LogP contribution is -2.49. The first kappa shape index (κ1) is 13.5. The minimum Gasteiger partial charge on any atom is -0.380 e. The van der Waals surface area contributed by atoms with Crippen molar-refractivity contribution in [2.45, 2.75) is 13.5 Å². The summed E-state index contributed by atoms with van der Waals surface area (Å²) in [4.78, 5) is 29.0. The highest BCUT2D eigenvalue weighted by molar-refractivity contribution is 9.10. The molecular formula is C13H14BrN3O3. The number of aromatic nitrogens is 3. The zero-order chi connectivity index (χ0) is 14.5. The molecule has 0 bridgehead atoms. The van der Waals surface area contributed by atoms with Gasteiger partial charge in [0.2, 0.25) is 0 Å². The maximum Gasteiger partial charge on any atom is 0.332 e. The lowest BCUT2D eigenvalue weighted by atomic mass is 9.88. The predicted octanol–water partition coefficient (Wildman–Crippen LogP) is 0.894. The standard InChI is InChI=1S/C13H14BrN3O3/c1-13(6-20-7-13)5-17-11(18)9-3-8(14)4-15-10(9)16(2)12(17)19/h3-4H,5-7H2,1-2H3. The topological polar surface area (TPSA) is 66.1 Å². The molecule has 1 fully saturated rings. The number of nitrogens with zero attached hydrogens (tertiary/aromatic N) is 3. The molecule has 0 radical (unpaired) electrons. The Morgan fingerprint density at radius 1 is 1.45 bits per heavy atom. The van der Waals surface area contributed by atoms with Gasteiger partial charge in [-0.25, -0.2) is 9.78 Å². The molecule has 1 aliphatic rings. The molecule has 0 atom stereocenters. The predicted molar refractivity (Wildman–Crippen MR) is 77.9 cm³/mol. The highest BCUT2D eigenvalue weighted by Gasteiger charge is 2.35. The molecular weight excluding hydrogens is 326 g/mol. The number of hydrogen-bond acceptors (Lipinski definition) is 4. The van der Waals surface area contributed by atoms with Crippen molar-refractivity contribution in [2.75, 3.05) is 13.2 Å². The van der Waals surface area contributed by atoms with Crippen LogP contribution in [0.5, 0.6) is 0 Å². The molecule has 2 aromatic heterocycles. The van der Waals surface area contributed by atoms with E-state index in [2.05, 4.69) is 20.9 Å². The van der Waals surface area contributed by atoms with E-state index in [4.69, 9.17) is 4.74 Å². The second-order valence-corrected chi connectivity index (χ2v) is 6.48. The zero-order valence-corrected chi connectivity index (χ0v) is 12.8. The van der Waals surface area contributed by atoms with Crippen LogP contribution in [0.15, 0.2) is 26.3 Å². The van der Waals surface area contributed by atoms with Crippen LogP contribution in [-0.4, -0.2) is 27.3 Å². The second kappa shape index (κ2) is 4.53. The monoisotopic (exact) mass is 339 g/mol. The van der Waals surface area contributed by atoms with Gasteiger partial charge in [0.15, 0.2) is 0 Å². The van der Waals surface area contributed by atoms with Gasteiger partial charge < -0.3 is 4.74 Å². The lowest BCUT2D eigenvalue weighted by Gasteiger charge is -2.38. The molecule has 3 rings (SSSR count). The molecule has 6 nitrogen and oxygen atoms in total. The van der Waals surface area contributed by atoms with E-state index in [0.29, 0.717) is 35.3 Å². The number of pyridine rings is 1. The van der Waals surface area contributed by atoms with Crippen LogP contribution in [0.25, 0.3) is 11.0 Å². The molecule has 0 saturated carbocycles. The Hall–Kier alpha value is -1.47. The molecule has 7 heteroatoms. The summed E-state index contributed by atoms with van der Waals surface area (Å²) in [6.07, 6.45) is 1.58. The van der Waals surface area contributed by atoms with Gasteiger partial charge in [0.1, 0.15) is 5.65 Å². The van der Waals surface area contributed by atoms with Crippen molar-refractivity contribution in [1.29, 1.82) is 0 Å². The Labute approximate surface area is 123 Å².